The molecule has 2 heterocycles. The van der Waals surface area contributed by atoms with E-state index < -0.39 is 6.10 Å². The quantitative estimate of drug-likeness (QED) is 0.720. The Labute approximate surface area is 162 Å². The minimum atomic E-state index is -0.484. The molecule has 26 heavy (non-hydrogen) atoms. The molecule has 5 nitrogen and oxygen atoms in total. The molecule has 1 aliphatic heterocycles. The largest absolute Gasteiger partial charge is 1.00 e. The lowest BCUT2D eigenvalue weighted by Gasteiger charge is -2.36. The third-order valence-electron chi connectivity index (χ3n) is 4.58. The lowest BCUT2D eigenvalue weighted by molar-refractivity contribution is -0.00000762. The van der Waals surface area contributed by atoms with Crippen LogP contribution in [0.25, 0.3) is 0 Å². The first-order valence-corrected chi connectivity index (χ1v) is 8.88. The number of halogens is 1. The molecule has 6 heteroatoms. The van der Waals surface area contributed by atoms with Gasteiger partial charge in [0.2, 0.25) is 0 Å². The van der Waals surface area contributed by atoms with E-state index in [2.05, 4.69) is 27.8 Å². The van der Waals surface area contributed by atoms with Gasteiger partial charge >= 0.3 is 0 Å². The number of anilines is 1. The maximum absolute atomic E-state index is 10.3. The van der Waals surface area contributed by atoms with Crippen molar-refractivity contribution in [1.29, 1.82) is 0 Å². The Hall–Kier alpha value is -1.82. The Morgan fingerprint density at radius 1 is 1.12 bits per heavy atom. The van der Waals surface area contributed by atoms with Crippen LogP contribution in [0.1, 0.15) is 11.1 Å². The minimum Gasteiger partial charge on any atom is -1.00 e. The smallest absolute Gasteiger partial charge is 0.128 e. The number of hydrogen-bond acceptors (Lipinski definition) is 5. The zero-order valence-corrected chi connectivity index (χ0v) is 16.2. The van der Waals surface area contributed by atoms with Crippen molar-refractivity contribution < 1.29 is 22.3 Å². The number of aliphatic hydroxyl groups is 1. The molecule has 1 aromatic carbocycles. The van der Waals surface area contributed by atoms with Crippen molar-refractivity contribution in [2.24, 2.45) is 0 Å². The summed E-state index contributed by atoms with van der Waals surface area (Å²) in [7, 11) is 0. The van der Waals surface area contributed by atoms with Crippen LogP contribution in [0.15, 0.2) is 42.6 Å². The molecule has 0 bridgehead atoms. The van der Waals surface area contributed by atoms with Crippen LogP contribution in [-0.2, 0) is 0 Å². The van der Waals surface area contributed by atoms with Crippen LogP contribution in [0, 0.1) is 13.8 Å². The van der Waals surface area contributed by atoms with E-state index in [9.17, 15) is 5.11 Å². The fourth-order valence-corrected chi connectivity index (χ4v) is 3.20. The summed E-state index contributed by atoms with van der Waals surface area (Å²) >= 11 is 0. The lowest BCUT2D eigenvalue weighted by atomic mass is 10.1. The number of aliphatic hydroxyl groups excluding tert-OH is 1. The van der Waals surface area contributed by atoms with Gasteiger partial charge in [0.15, 0.2) is 0 Å². The van der Waals surface area contributed by atoms with Crippen molar-refractivity contribution in [1.82, 2.24) is 9.88 Å². The van der Waals surface area contributed by atoms with Gasteiger partial charge in [-0.15, -0.1) is 0 Å². The highest BCUT2D eigenvalue weighted by atomic mass is 35.5. The average Bonchev–Trinajstić information content (AvgIpc) is 2.62. The van der Waals surface area contributed by atoms with Crippen LogP contribution >= 0.6 is 0 Å². The average molecular weight is 377 g/mol. The van der Waals surface area contributed by atoms with E-state index in [1.807, 2.05) is 43.5 Å². The van der Waals surface area contributed by atoms with Gasteiger partial charge in [0.1, 0.15) is 24.3 Å². The molecule has 0 amide bonds. The topological polar surface area (TPSA) is 48.8 Å². The molecule has 142 valence electrons. The van der Waals surface area contributed by atoms with Gasteiger partial charge in [-0.25, -0.2) is 4.98 Å². The molecule has 0 spiro atoms. The molecule has 2 aromatic rings. The molecule has 1 unspecified atom stereocenters. The monoisotopic (exact) mass is 376 g/mol. The standard InChI is InChI=1S/C20H27N3O2.ClH/c1-16-6-7-19(17(2)13-16)25-15-18(24)14-22-9-11-23(12-10-22)20-5-3-4-8-21-20;/h3-8,13,18,24H,9-12,14-15H2,1-2H3;1H/p-1. The Balaban J connectivity index is 0.00000243. The summed E-state index contributed by atoms with van der Waals surface area (Å²) in [6.07, 6.45) is 1.35. The molecule has 0 saturated carbocycles. The van der Waals surface area contributed by atoms with E-state index in [0.717, 1.165) is 43.3 Å². The van der Waals surface area contributed by atoms with Crippen molar-refractivity contribution in [2.45, 2.75) is 20.0 Å². The highest BCUT2D eigenvalue weighted by Crippen LogP contribution is 2.19. The SMILES string of the molecule is Cc1ccc(OCC(O)CN2CCN(c3ccccn3)CC2)c(C)c1.[Cl-]. The third kappa shape index (κ3) is 5.59. The highest BCUT2D eigenvalue weighted by Gasteiger charge is 2.20. The Morgan fingerprint density at radius 2 is 1.88 bits per heavy atom. The maximum Gasteiger partial charge on any atom is 0.128 e. The first-order chi connectivity index (χ1) is 12.1. The van der Waals surface area contributed by atoms with E-state index in [4.69, 9.17) is 4.74 Å². The molecule has 0 radical (unpaired) electrons. The van der Waals surface area contributed by atoms with Crippen LogP contribution in [0.3, 0.4) is 0 Å². The lowest BCUT2D eigenvalue weighted by Crippen LogP contribution is -3.00. The van der Waals surface area contributed by atoms with Gasteiger partial charge in [-0.05, 0) is 37.6 Å². The third-order valence-corrected chi connectivity index (χ3v) is 4.58. The van der Waals surface area contributed by atoms with Crippen LogP contribution in [0.2, 0.25) is 0 Å². The molecule has 1 aromatic heterocycles. The Morgan fingerprint density at radius 3 is 2.54 bits per heavy atom. The van der Waals surface area contributed by atoms with Gasteiger partial charge in [0, 0.05) is 38.9 Å². The number of ether oxygens (including phenoxy) is 1. The Bertz CT molecular complexity index is 676. The number of pyridine rings is 1. The van der Waals surface area contributed by atoms with Gasteiger partial charge in [-0.1, -0.05) is 23.8 Å². The summed E-state index contributed by atoms with van der Waals surface area (Å²) in [5.74, 6) is 1.88. The molecule has 1 fully saturated rings. The molecular weight excluding hydrogens is 350 g/mol. The summed E-state index contributed by atoms with van der Waals surface area (Å²) in [5, 5.41) is 10.3. The first-order valence-electron chi connectivity index (χ1n) is 8.88. The predicted molar refractivity (Wildman–Crippen MR) is 100 cm³/mol. The van der Waals surface area contributed by atoms with E-state index in [-0.39, 0.29) is 12.4 Å². The number of hydrogen-bond donors (Lipinski definition) is 1. The number of aryl methyl sites for hydroxylation is 2. The van der Waals surface area contributed by atoms with Gasteiger partial charge in [0.25, 0.3) is 0 Å². The molecular formula is C20H27ClN3O2-. The number of piperazine rings is 1. The molecule has 1 aliphatic rings. The fraction of sp³-hybridized carbons (Fsp3) is 0.450. The van der Waals surface area contributed by atoms with Gasteiger partial charge in [-0.2, -0.15) is 0 Å². The number of nitrogens with zero attached hydrogens (tertiary/aromatic N) is 3. The van der Waals surface area contributed by atoms with E-state index in [0.29, 0.717) is 13.2 Å². The highest BCUT2D eigenvalue weighted by molar-refractivity contribution is 5.38. The summed E-state index contributed by atoms with van der Waals surface area (Å²) < 4.78 is 5.79. The summed E-state index contributed by atoms with van der Waals surface area (Å²) in [4.78, 5) is 8.98. The Kier molecular flexibility index (Phi) is 7.69. The summed E-state index contributed by atoms with van der Waals surface area (Å²) in [6.45, 7) is 8.78. The fourth-order valence-electron chi connectivity index (χ4n) is 3.20. The molecule has 1 N–H and O–H groups in total. The second-order valence-corrected chi connectivity index (χ2v) is 6.71. The molecule has 1 atom stereocenters. The molecule has 0 aliphatic carbocycles. The van der Waals surface area contributed by atoms with E-state index >= 15 is 0 Å². The second-order valence-electron chi connectivity index (χ2n) is 6.71. The van der Waals surface area contributed by atoms with Gasteiger partial charge in [0.05, 0.1) is 0 Å². The van der Waals surface area contributed by atoms with Crippen LogP contribution in [0.4, 0.5) is 5.82 Å². The first kappa shape index (κ1) is 20.5. The second kappa shape index (κ2) is 9.76. The van der Waals surface area contributed by atoms with Crippen molar-refractivity contribution >= 4 is 5.82 Å². The van der Waals surface area contributed by atoms with E-state index in [1.54, 1.807) is 0 Å². The van der Waals surface area contributed by atoms with Crippen LogP contribution in [-0.4, -0.2) is 60.4 Å². The number of β-amino-alcohol motifs (C(OH)–C–C–N with tert-alkyl or cyclic N) is 1. The summed E-state index contributed by atoms with van der Waals surface area (Å²) in [5.41, 5.74) is 2.33. The summed E-state index contributed by atoms with van der Waals surface area (Å²) in [6, 6.07) is 12.1. The van der Waals surface area contributed by atoms with Crippen LogP contribution in [0.5, 0.6) is 5.75 Å². The van der Waals surface area contributed by atoms with Gasteiger partial charge in [-0.3, -0.25) is 4.90 Å². The van der Waals surface area contributed by atoms with Crippen molar-refractivity contribution in [2.75, 3.05) is 44.2 Å². The van der Waals surface area contributed by atoms with Gasteiger partial charge < -0.3 is 27.2 Å². The number of aromatic nitrogens is 1. The van der Waals surface area contributed by atoms with Crippen molar-refractivity contribution in [3.63, 3.8) is 0 Å². The minimum absolute atomic E-state index is 0. The van der Waals surface area contributed by atoms with Crippen molar-refractivity contribution in [3.05, 3.63) is 53.7 Å². The normalized spacial score (nSPS) is 16.0. The van der Waals surface area contributed by atoms with Crippen molar-refractivity contribution in [3.8, 4) is 5.75 Å². The maximum atomic E-state index is 10.3. The molecule has 1 saturated heterocycles. The predicted octanol–water partition coefficient (Wildman–Crippen LogP) is -0.736. The van der Waals surface area contributed by atoms with Crippen LogP contribution < -0.4 is 22.0 Å². The van der Waals surface area contributed by atoms with E-state index in [1.165, 1.54) is 5.56 Å². The number of rotatable bonds is 6. The zero-order valence-electron chi connectivity index (χ0n) is 15.4. The molecule has 3 rings (SSSR count). The zero-order chi connectivity index (χ0) is 17.6. The number of benzene rings is 1.